The van der Waals surface area contributed by atoms with Crippen LogP contribution in [0.5, 0.6) is 0 Å². The molecule has 23 heavy (non-hydrogen) atoms. The maximum Gasteiger partial charge on any atom is 0.407 e. The minimum atomic E-state index is -1.02. The highest BCUT2D eigenvalue weighted by Gasteiger charge is 2.27. The fourth-order valence-electron chi connectivity index (χ4n) is 2.64. The molecule has 2 heterocycles. The fraction of sp³-hybridized carbons (Fsp3) is 0.667. The van der Waals surface area contributed by atoms with Gasteiger partial charge in [-0.2, -0.15) is 5.10 Å². The maximum absolute atomic E-state index is 11.8. The van der Waals surface area contributed by atoms with Gasteiger partial charge in [0.1, 0.15) is 5.60 Å². The summed E-state index contributed by atoms with van der Waals surface area (Å²) >= 11 is 0. The molecular formula is C15H24N4O4. The number of hydrogen-bond donors (Lipinski definition) is 2. The van der Waals surface area contributed by atoms with Gasteiger partial charge in [0.15, 0.2) is 5.69 Å². The number of nitrogens with zero attached hydrogens (tertiary/aromatic N) is 3. The molecule has 2 rings (SSSR count). The van der Waals surface area contributed by atoms with Gasteiger partial charge >= 0.3 is 12.1 Å². The van der Waals surface area contributed by atoms with Crippen LogP contribution in [0.4, 0.5) is 4.79 Å². The number of nitrogens with one attached hydrogen (secondary N) is 1. The van der Waals surface area contributed by atoms with Crippen LogP contribution in [0.2, 0.25) is 0 Å². The van der Waals surface area contributed by atoms with Gasteiger partial charge in [0.2, 0.25) is 0 Å². The van der Waals surface area contributed by atoms with Crippen molar-refractivity contribution in [3.8, 4) is 0 Å². The van der Waals surface area contributed by atoms with Gasteiger partial charge in [-0.3, -0.25) is 9.58 Å². The van der Waals surface area contributed by atoms with E-state index >= 15 is 0 Å². The second kappa shape index (κ2) is 6.57. The van der Waals surface area contributed by atoms with Crippen molar-refractivity contribution in [2.24, 2.45) is 7.05 Å². The van der Waals surface area contributed by atoms with E-state index in [1.165, 1.54) is 4.68 Å². The summed E-state index contributed by atoms with van der Waals surface area (Å²) in [6.45, 7) is 7.42. The third kappa shape index (κ3) is 4.95. The monoisotopic (exact) mass is 324 g/mol. The fourth-order valence-corrected chi connectivity index (χ4v) is 2.64. The van der Waals surface area contributed by atoms with E-state index in [1.54, 1.807) is 13.2 Å². The molecule has 8 nitrogen and oxygen atoms in total. The molecule has 0 saturated carbocycles. The zero-order chi connectivity index (χ0) is 17.2. The molecule has 1 aromatic rings. The van der Waals surface area contributed by atoms with Crippen LogP contribution in [0.1, 0.15) is 43.2 Å². The van der Waals surface area contributed by atoms with Crippen LogP contribution in [0, 0.1) is 0 Å². The Morgan fingerprint density at radius 3 is 2.78 bits per heavy atom. The molecule has 0 aliphatic carbocycles. The summed E-state index contributed by atoms with van der Waals surface area (Å²) < 4.78 is 6.75. The Labute approximate surface area is 135 Å². The highest BCUT2D eigenvalue weighted by atomic mass is 16.6. The number of carboxylic acid groups (broad SMARTS) is 1. The van der Waals surface area contributed by atoms with Crippen molar-refractivity contribution in [2.45, 2.75) is 45.4 Å². The first-order valence-corrected chi connectivity index (χ1v) is 7.62. The zero-order valence-corrected chi connectivity index (χ0v) is 14.0. The normalized spacial score (nSPS) is 18.9. The van der Waals surface area contributed by atoms with Crippen LogP contribution in [0.15, 0.2) is 6.20 Å². The van der Waals surface area contributed by atoms with Crippen molar-refractivity contribution in [1.29, 1.82) is 0 Å². The Morgan fingerprint density at radius 1 is 1.48 bits per heavy atom. The van der Waals surface area contributed by atoms with Crippen LogP contribution in [-0.2, 0) is 18.3 Å². The van der Waals surface area contributed by atoms with Crippen molar-refractivity contribution >= 4 is 12.1 Å². The van der Waals surface area contributed by atoms with Crippen molar-refractivity contribution in [1.82, 2.24) is 20.0 Å². The molecule has 0 bridgehead atoms. The molecule has 0 radical (unpaired) electrons. The van der Waals surface area contributed by atoms with Gasteiger partial charge in [0.05, 0.1) is 0 Å². The third-order valence-corrected chi connectivity index (χ3v) is 3.49. The number of carbonyl (C=O) groups is 2. The van der Waals surface area contributed by atoms with Crippen LogP contribution >= 0.6 is 0 Å². The SMILES string of the molecule is Cn1cc(CN2CCC(NC(=O)OC(C)(C)C)C2)c(C(=O)O)n1. The molecule has 1 saturated heterocycles. The van der Waals surface area contributed by atoms with Crippen molar-refractivity contribution in [3.05, 3.63) is 17.5 Å². The zero-order valence-electron chi connectivity index (χ0n) is 14.0. The maximum atomic E-state index is 11.8. The van der Waals surface area contributed by atoms with Gasteiger partial charge in [-0.15, -0.1) is 0 Å². The summed E-state index contributed by atoms with van der Waals surface area (Å²) in [4.78, 5) is 25.1. The van der Waals surface area contributed by atoms with Crippen LogP contribution in [0.25, 0.3) is 0 Å². The molecule has 1 aliphatic heterocycles. The van der Waals surface area contributed by atoms with Gasteiger partial charge in [0, 0.05) is 44.5 Å². The Morgan fingerprint density at radius 2 is 2.17 bits per heavy atom. The Balaban J connectivity index is 1.89. The minimum Gasteiger partial charge on any atom is -0.476 e. The van der Waals surface area contributed by atoms with Gasteiger partial charge < -0.3 is 15.2 Å². The van der Waals surface area contributed by atoms with E-state index in [2.05, 4.69) is 15.3 Å². The lowest BCUT2D eigenvalue weighted by molar-refractivity contribution is 0.0505. The van der Waals surface area contributed by atoms with E-state index in [0.29, 0.717) is 18.7 Å². The van der Waals surface area contributed by atoms with E-state index in [1.807, 2.05) is 20.8 Å². The summed E-state index contributed by atoms with van der Waals surface area (Å²) in [7, 11) is 1.70. The van der Waals surface area contributed by atoms with Gasteiger partial charge in [-0.1, -0.05) is 0 Å². The number of ether oxygens (including phenoxy) is 1. The first-order valence-electron chi connectivity index (χ1n) is 7.62. The van der Waals surface area contributed by atoms with Gasteiger partial charge in [-0.25, -0.2) is 9.59 Å². The number of aromatic carboxylic acids is 1. The lowest BCUT2D eigenvalue weighted by atomic mass is 10.2. The predicted molar refractivity (Wildman–Crippen MR) is 83.2 cm³/mol. The molecule has 1 aromatic heterocycles. The Kier molecular flexibility index (Phi) is 4.93. The van der Waals surface area contributed by atoms with E-state index in [9.17, 15) is 9.59 Å². The molecule has 1 amide bonds. The lowest BCUT2D eigenvalue weighted by Crippen LogP contribution is -2.40. The second-order valence-corrected chi connectivity index (χ2v) is 6.85. The quantitative estimate of drug-likeness (QED) is 0.864. The number of carbonyl (C=O) groups excluding carboxylic acids is 1. The van der Waals surface area contributed by atoms with Crippen molar-refractivity contribution in [3.63, 3.8) is 0 Å². The molecule has 1 atom stereocenters. The summed E-state index contributed by atoms with van der Waals surface area (Å²) in [5.41, 5.74) is 0.239. The average molecular weight is 324 g/mol. The molecular weight excluding hydrogens is 300 g/mol. The van der Waals surface area contributed by atoms with Crippen molar-refractivity contribution < 1.29 is 19.4 Å². The number of amides is 1. The smallest absolute Gasteiger partial charge is 0.407 e. The molecule has 128 valence electrons. The van der Waals surface area contributed by atoms with Crippen LogP contribution < -0.4 is 5.32 Å². The molecule has 1 unspecified atom stereocenters. The number of aryl methyl sites for hydroxylation is 1. The summed E-state index contributed by atoms with van der Waals surface area (Å²) in [5.74, 6) is -1.02. The van der Waals surface area contributed by atoms with E-state index < -0.39 is 17.7 Å². The molecule has 8 heteroatoms. The molecule has 1 aliphatic rings. The summed E-state index contributed by atoms with van der Waals surface area (Å²) in [6, 6.07) is 0.00907. The summed E-state index contributed by atoms with van der Waals surface area (Å²) in [5, 5.41) is 16.0. The Hall–Kier alpha value is -2.09. The van der Waals surface area contributed by atoms with Crippen LogP contribution in [-0.4, -0.2) is 56.6 Å². The standard InChI is InChI=1S/C15H24N4O4/c1-15(2,3)23-14(22)16-11-5-6-19(9-11)8-10-7-18(4)17-12(10)13(20)21/h7,11H,5-6,8-9H2,1-4H3,(H,16,22)(H,20,21). The Bertz CT molecular complexity index is 591. The van der Waals surface area contributed by atoms with E-state index in [-0.39, 0.29) is 11.7 Å². The molecule has 2 N–H and O–H groups in total. The molecule has 0 spiro atoms. The molecule has 1 fully saturated rings. The minimum absolute atomic E-state index is 0.00907. The number of alkyl carbamates (subject to hydrolysis) is 1. The first kappa shape index (κ1) is 17.3. The highest BCUT2D eigenvalue weighted by molar-refractivity contribution is 5.86. The number of rotatable bonds is 4. The second-order valence-electron chi connectivity index (χ2n) is 6.85. The number of aromatic nitrogens is 2. The predicted octanol–water partition coefficient (Wildman–Crippen LogP) is 1.22. The van der Waals surface area contributed by atoms with E-state index in [4.69, 9.17) is 9.84 Å². The topological polar surface area (TPSA) is 96.7 Å². The average Bonchev–Trinajstić information content (AvgIpc) is 2.94. The van der Waals surface area contributed by atoms with Crippen molar-refractivity contribution in [2.75, 3.05) is 13.1 Å². The lowest BCUT2D eigenvalue weighted by Gasteiger charge is -2.22. The number of likely N-dealkylation sites (tertiary alicyclic amines) is 1. The first-order chi connectivity index (χ1) is 10.6. The largest absolute Gasteiger partial charge is 0.476 e. The number of hydrogen-bond acceptors (Lipinski definition) is 5. The van der Waals surface area contributed by atoms with Gasteiger partial charge in [0.25, 0.3) is 0 Å². The van der Waals surface area contributed by atoms with E-state index in [0.717, 1.165) is 13.0 Å². The highest BCUT2D eigenvalue weighted by Crippen LogP contribution is 2.16. The van der Waals surface area contributed by atoms with Crippen LogP contribution in [0.3, 0.4) is 0 Å². The molecule has 0 aromatic carbocycles. The number of carboxylic acids is 1. The third-order valence-electron chi connectivity index (χ3n) is 3.49. The van der Waals surface area contributed by atoms with Gasteiger partial charge in [-0.05, 0) is 27.2 Å². The summed E-state index contributed by atoms with van der Waals surface area (Å²) in [6.07, 6.45) is 2.11.